The van der Waals surface area contributed by atoms with Crippen molar-refractivity contribution in [3.8, 4) is 16.9 Å². The quantitative estimate of drug-likeness (QED) is 0.708. The number of aryl methyl sites for hydroxylation is 1. The van der Waals surface area contributed by atoms with Crippen LogP contribution in [-0.4, -0.2) is 35.5 Å². The van der Waals surface area contributed by atoms with E-state index in [1.165, 1.54) is 0 Å². The largest absolute Gasteiger partial charge is 0.496 e. The second-order valence-corrected chi connectivity index (χ2v) is 7.81. The van der Waals surface area contributed by atoms with E-state index in [1.807, 2.05) is 43.0 Å². The Balaban J connectivity index is 2.05. The maximum absolute atomic E-state index is 12.7. The fourth-order valence-corrected chi connectivity index (χ4v) is 3.60. The number of aliphatic carboxylic acids is 1. The van der Waals surface area contributed by atoms with Crippen molar-refractivity contribution >= 4 is 11.9 Å². The van der Waals surface area contributed by atoms with E-state index in [4.69, 9.17) is 4.74 Å². The van der Waals surface area contributed by atoms with Crippen LogP contribution in [0.4, 0.5) is 0 Å². The lowest BCUT2D eigenvalue weighted by molar-refractivity contribution is -0.138. The Labute approximate surface area is 172 Å². The number of hydrogen-bond acceptors (Lipinski definition) is 3. The van der Waals surface area contributed by atoms with Crippen LogP contribution in [0.1, 0.15) is 49.3 Å². The third-order valence-electron chi connectivity index (χ3n) is 5.63. The number of methoxy groups -OCH3 is 1. The van der Waals surface area contributed by atoms with Crippen LogP contribution in [0.25, 0.3) is 11.1 Å². The molecule has 0 saturated heterocycles. The molecule has 0 bridgehead atoms. The van der Waals surface area contributed by atoms with Gasteiger partial charge in [-0.1, -0.05) is 29.8 Å². The number of amides is 1. The molecule has 0 radical (unpaired) electrons. The van der Waals surface area contributed by atoms with Crippen LogP contribution >= 0.6 is 0 Å². The molecule has 0 heterocycles. The molecule has 0 spiro atoms. The molecule has 29 heavy (non-hydrogen) atoms. The Kier molecular flexibility index (Phi) is 6.26. The maximum Gasteiger partial charge on any atom is 0.310 e. The molecule has 154 valence electrons. The van der Waals surface area contributed by atoms with Crippen LogP contribution in [0.2, 0.25) is 0 Å². The zero-order valence-corrected chi connectivity index (χ0v) is 17.6. The van der Waals surface area contributed by atoms with E-state index >= 15 is 0 Å². The molecule has 1 N–H and O–H groups in total. The molecule has 5 heteroatoms. The zero-order chi connectivity index (χ0) is 21.1. The lowest BCUT2D eigenvalue weighted by Crippen LogP contribution is -2.31. The summed E-state index contributed by atoms with van der Waals surface area (Å²) in [6.07, 6.45) is 1.97. The van der Waals surface area contributed by atoms with Gasteiger partial charge in [0.2, 0.25) is 5.91 Å². The third kappa shape index (κ3) is 4.61. The van der Waals surface area contributed by atoms with Crippen molar-refractivity contribution < 1.29 is 19.4 Å². The number of nitrogens with zero attached hydrogens (tertiary/aromatic N) is 1. The van der Waals surface area contributed by atoms with Gasteiger partial charge in [0.05, 0.1) is 13.0 Å². The van der Waals surface area contributed by atoms with E-state index in [-0.39, 0.29) is 11.8 Å². The number of carboxylic acid groups (broad SMARTS) is 1. The molecule has 0 aliphatic heterocycles. The minimum atomic E-state index is -0.863. The molecule has 2 aromatic rings. The molecule has 0 aromatic heterocycles. The Morgan fingerprint density at radius 2 is 1.90 bits per heavy atom. The summed E-state index contributed by atoms with van der Waals surface area (Å²) in [6, 6.07) is 11.7. The molecule has 1 aliphatic rings. The van der Waals surface area contributed by atoms with Crippen LogP contribution in [0.15, 0.2) is 36.4 Å². The van der Waals surface area contributed by atoms with Gasteiger partial charge < -0.3 is 14.7 Å². The van der Waals surface area contributed by atoms with Crippen LogP contribution < -0.4 is 4.74 Å². The summed E-state index contributed by atoms with van der Waals surface area (Å²) in [7, 11) is 1.61. The molecule has 1 amide bonds. The lowest BCUT2D eigenvalue weighted by atomic mass is 9.92. The molecule has 1 atom stereocenters. The Morgan fingerprint density at radius 1 is 1.17 bits per heavy atom. The van der Waals surface area contributed by atoms with E-state index in [0.29, 0.717) is 18.8 Å². The first kappa shape index (κ1) is 20.9. The molecular weight excluding hydrogens is 366 g/mol. The Morgan fingerprint density at radius 3 is 2.48 bits per heavy atom. The minimum Gasteiger partial charge on any atom is -0.496 e. The zero-order valence-electron chi connectivity index (χ0n) is 17.6. The molecule has 1 fully saturated rings. The molecule has 0 unspecified atom stereocenters. The van der Waals surface area contributed by atoms with Gasteiger partial charge in [0.1, 0.15) is 5.75 Å². The van der Waals surface area contributed by atoms with Crippen LogP contribution in [0.3, 0.4) is 0 Å². The Hall–Kier alpha value is -2.82. The van der Waals surface area contributed by atoms with E-state index in [0.717, 1.165) is 40.7 Å². The fourth-order valence-electron chi connectivity index (χ4n) is 3.60. The molecule has 3 rings (SSSR count). The van der Waals surface area contributed by atoms with Gasteiger partial charge in [0.25, 0.3) is 0 Å². The smallest absolute Gasteiger partial charge is 0.310 e. The predicted molar refractivity (Wildman–Crippen MR) is 113 cm³/mol. The first-order valence-electron chi connectivity index (χ1n) is 10.1. The van der Waals surface area contributed by atoms with Crippen molar-refractivity contribution in [3.05, 3.63) is 53.1 Å². The first-order valence-corrected chi connectivity index (χ1v) is 10.1. The van der Waals surface area contributed by atoms with Crippen molar-refractivity contribution in [1.82, 2.24) is 4.90 Å². The molecule has 1 saturated carbocycles. The highest BCUT2D eigenvalue weighted by Crippen LogP contribution is 2.37. The maximum atomic E-state index is 12.7. The summed E-state index contributed by atoms with van der Waals surface area (Å²) in [4.78, 5) is 26.0. The number of carbonyl (C=O) groups is 2. The van der Waals surface area contributed by atoms with Crippen LogP contribution in [0.5, 0.6) is 5.75 Å². The standard InChI is InChI=1S/C24H29NO4/c1-5-25(23(26)17-7-8-17)14-19-12-15(2)6-10-20(19)21-13-18(16(3)24(27)28)9-11-22(21)29-4/h6,9-13,16-17H,5,7-8,14H2,1-4H3,(H,27,28)/t16-/m1/s1. The predicted octanol–water partition coefficient (Wildman–Crippen LogP) is 4.62. The van der Waals surface area contributed by atoms with Crippen molar-refractivity contribution in [2.75, 3.05) is 13.7 Å². The van der Waals surface area contributed by atoms with Gasteiger partial charge >= 0.3 is 5.97 Å². The molecule has 5 nitrogen and oxygen atoms in total. The van der Waals surface area contributed by atoms with Crippen LogP contribution in [0, 0.1) is 12.8 Å². The average Bonchev–Trinajstić information content (AvgIpc) is 3.56. The highest BCUT2D eigenvalue weighted by molar-refractivity contribution is 5.82. The van der Waals surface area contributed by atoms with Crippen molar-refractivity contribution in [2.24, 2.45) is 5.92 Å². The normalized spacial score (nSPS) is 14.3. The third-order valence-corrected chi connectivity index (χ3v) is 5.63. The van der Waals surface area contributed by atoms with E-state index in [9.17, 15) is 14.7 Å². The van der Waals surface area contributed by atoms with Crippen LogP contribution in [-0.2, 0) is 16.1 Å². The second-order valence-electron chi connectivity index (χ2n) is 7.81. The number of ether oxygens (including phenoxy) is 1. The van der Waals surface area contributed by atoms with Crippen molar-refractivity contribution in [1.29, 1.82) is 0 Å². The average molecular weight is 395 g/mol. The van der Waals surface area contributed by atoms with Gasteiger partial charge in [0.15, 0.2) is 0 Å². The number of carbonyl (C=O) groups excluding carboxylic acids is 1. The van der Waals surface area contributed by atoms with Gasteiger partial charge in [0, 0.05) is 24.6 Å². The molecule has 2 aromatic carbocycles. The second kappa shape index (κ2) is 8.68. The van der Waals surface area contributed by atoms with Gasteiger partial charge in [-0.2, -0.15) is 0 Å². The van der Waals surface area contributed by atoms with Gasteiger partial charge in [-0.3, -0.25) is 9.59 Å². The molecule has 1 aliphatic carbocycles. The minimum absolute atomic E-state index is 0.178. The van der Waals surface area contributed by atoms with E-state index < -0.39 is 11.9 Å². The monoisotopic (exact) mass is 395 g/mol. The summed E-state index contributed by atoms with van der Waals surface area (Å²) in [5, 5.41) is 9.41. The summed E-state index contributed by atoms with van der Waals surface area (Å²) in [5.41, 5.74) is 4.70. The number of rotatable bonds is 8. The highest BCUT2D eigenvalue weighted by atomic mass is 16.5. The summed E-state index contributed by atoms with van der Waals surface area (Å²) in [6.45, 7) is 6.91. The fraction of sp³-hybridized carbons (Fsp3) is 0.417. The van der Waals surface area contributed by atoms with Gasteiger partial charge in [-0.25, -0.2) is 0 Å². The SMILES string of the molecule is CCN(Cc1cc(C)ccc1-c1cc([C@@H](C)C(=O)O)ccc1OC)C(=O)C1CC1. The van der Waals surface area contributed by atoms with Gasteiger partial charge in [-0.05, 0) is 62.4 Å². The van der Waals surface area contributed by atoms with E-state index in [2.05, 4.69) is 6.07 Å². The number of carboxylic acids is 1. The topological polar surface area (TPSA) is 66.8 Å². The highest BCUT2D eigenvalue weighted by Gasteiger charge is 2.33. The lowest BCUT2D eigenvalue weighted by Gasteiger charge is -2.24. The first-order chi connectivity index (χ1) is 13.8. The summed E-state index contributed by atoms with van der Waals surface area (Å²) in [5.74, 6) is -0.389. The molecular formula is C24H29NO4. The number of hydrogen-bond donors (Lipinski definition) is 1. The Bertz CT molecular complexity index is 917. The summed E-state index contributed by atoms with van der Waals surface area (Å²) >= 11 is 0. The van der Waals surface area contributed by atoms with E-state index in [1.54, 1.807) is 20.1 Å². The van der Waals surface area contributed by atoms with Gasteiger partial charge in [-0.15, -0.1) is 0 Å². The summed E-state index contributed by atoms with van der Waals surface area (Å²) < 4.78 is 5.58. The van der Waals surface area contributed by atoms with Crippen molar-refractivity contribution in [3.63, 3.8) is 0 Å². The van der Waals surface area contributed by atoms with Crippen molar-refractivity contribution in [2.45, 2.75) is 46.1 Å². The number of benzene rings is 2.